The van der Waals surface area contributed by atoms with E-state index < -0.39 is 6.16 Å². The van der Waals surface area contributed by atoms with E-state index in [0.29, 0.717) is 11.1 Å². The van der Waals surface area contributed by atoms with Crippen molar-refractivity contribution in [3.05, 3.63) is 77.6 Å². The molecule has 0 aliphatic carbocycles. The fourth-order valence-corrected chi connectivity index (χ4v) is 2.07. The zero-order valence-corrected chi connectivity index (χ0v) is 12.5. The van der Waals surface area contributed by atoms with Crippen molar-refractivity contribution in [2.45, 2.75) is 13.8 Å². The number of benzene rings is 2. The molecule has 4 nitrogen and oxygen atoms in total. The van der Waals surface area contributed by atoms with Gasteiger partial charge in [-0.25, -0.2) is 4.79 Å². The Hall–Kier alpha value is -2.88. The minimum Gasteiger partial charge on any atom is -0.403 e. The van der Waals surface area contributed by atoms with Crippen LogP contribution in [0, 0.1) is 13.8 Å². The molecule has 22 heavy (non-hydrogen) atoms. The van der Waals surface area contributed by atoms with Crippen molar-refractivity contribution < 1.29 is 19.1 Å². The summed E-state index contributed by atoms with van der Waals surface area (Å²) in [4.78, 5) is 24.0. The monoisotopic (exact) mass is 296 g/mol. The SMILES string of the molecule is C=COC(=O)Oc1ccc(C)c(C(=O)c2ccccc2C)c1. The molecular weight excluding hydrogens is 280 g/mol. The molecule has 0 spiro atoms. The molecule has 0 saturated carbocycles. The van der Waals surface area contributed by atoms with Crippen LogP contribution < -0.4 is 4.74 Å². The van der Waals surface area contributed by atoms with Gasteiger partial charge in [0.2, 0.25) is 0 Å². The molecule has 0 aliphatic rings. The minimum atomic E-state index is -0.895. The van der Waals surface area contributed by atoms with Gasteiger partial charge in [-0.3, -0.25) is 4.79 Å². The lowest BCUT2D eigenvalue weighted by molar-refractivity contribution is 0.103. The predicted molar refractivity (Wildman–Crippen MR) is 83.1 cm³/mol. The summed E-state index contributed by atoms with van der Waals surface area (Å²) in [6, 6.07) is 12.2. The Balaban J connectivity index is 2.34. The van der Waals surface area contributed by atoms with E-state index in [9.17, 15) is 9.59 Å². The molecule has 0 fully saturated rings. The Morgan fingerprint density at radius 3 is 2.36 bits per heavy atom. The topological polar surface area (TPSA) is 52.6 Å². The summed E-state index contributed by atoms with van der Waals surface area (Å²) in [7, 11) is 0. The summed E-state index contributed by atoms with van der Waals surface area (Å²) < 4.78 is 9.48. The van der Waals surface area contributed by atoms with E-state index >= 15 is 0 Å². The summed E-state index contributed by atoms with van der Waals surface area (Å²) in [6.07, 6.45) is 0.0868. The van der Waals surface area contributed by atoms with Crippen LogP contribution >= 0.6 is 0 Å². The van der Waals surface area contributed by atoms with Crippen LogP contribution in [0.4, 0.5) is 4.79 Å². The van der Waals surface area contributed by atoms with Gasteiger partial charge in [-0.2, -0.15) is 0 Å². The van der Waals surface area contributed by atoms with Crippen LogP contribution in [-0.2, 0) is 4.74 Å². The van der Waals surface area contributed by atoms with Gasteiger partial charge < -0.3 is 9.47 Å². The number of carbonyl (C=O) groups is 2. The Morgan fingerprint density at radius 1 is 1.00 bits per heavy atom. The van der Waals surface area contributed by atoms with Gasteiger partial charge in [0, 0.05) is 11.1 Å². The molecule has 0 heterocycles. The van der Waals surface area contributed by atoms with Crippen LogP contribution in [0.25, 0.3) is 0 Å². The van der Waals surface area contributed by atoms with E-state index in [2.05, 4.69) is 11.3 Å². The third kappa shape index (κ3) is 3.41. The Kier molecular flexibility index (Phi) is 4.73. The number of carbonyl (C=O) groups excluding carboxylic acids is 2. The maximum atomic E-state index is 12.7. The first kappa shape index (κ1) is 15.5. The first-order valence-electron chi connectivity index (χ1n) is 6.73. The highest BCUT2D eigenvalue weighted by Crippen LogP contribution is 2.22. The number of ether oxygens (including phenoxy) is 2. The second-order valence-corrected chi connectivity index (χ2v) is 4.76. The van der Waals surface area contributed by atoms with Gasteiger partial charge in [0.25, 0.3) is 0 Å². The summed E-state index contributed by atoms with van der Waals surface area (Å²) in [5.74, 6) is 0.132. The fraction of sp³-hybridized carbons (Fsp3) is 0.111. The molecule has 0 saturated heterocycles. The van der Waals surface area contributed by atoms with E-state index in [4.69, 9.17) is 4.74 Å². The van der Waals surface area contributed by atoms with Gasteiger partial charge in [-0.05, 0) is 37.1 Å². The predicted octanol–water partition coefficient (Wildman–Crippen LogP) is 4.19. The highest BCUT2D eigenvalue weighted by molar-refractivity contribution is 6.11. The molecule has 0 aliphatic heterocycles. The van der Waals surface area contributed by atoms with Crippen molar-refractivity contribution in [3.8, 4) is 5.75 Å². The molecule has 112 valence electrons. The van der Waals surface area contributed by atoms with Crippen molar-refractivity contribution in [1.82, 2.24) is 0 Å². The highest BCUT2D eigenvalue weighted by atomic mass is 16.7. The molecule has 2 rings (SSSR count). The molecule has 0 aromatic heterocycles. The summed E-state index contributed by atoms with van der Waals surface area (Å²) in [5, 5.41) is 0. The van der Waals surface area contributed by atoms with Crippen molar-refractivity contribution in [1.29, 1.82) is 0 Å². The van der Waals surface area contributed by atoms with E-state index in [1.54, 1.807) is 18.2 Å². The van der Waals surface area contributed by atoms with Crippen LogP contribution in [0.3, 0.4) is 0 Å². The fourth-order valence-electron chi connectivity index (χ4n) is 2.07. The second kappa shape index (κ2) is 6.72. The van der Waals surface area contributed by atoms with Crippen molar-refractivity contribution in [2.24, 2.45) is 0 Å². The summed E-state index contributed by atoms with van der Waals surface area (Å²) in [5.41, 5.74) is 2.80. The maximum absolute atomic E-state index is 12.7. The number of hydrogen-bond donors (Lipinski definition) is 0. The lowest BCUT2D eigenvalue weighted by Gasteiger charge is -2.10. The average molecular weight is 296 g/mol. The molecule has 0 N–H and O–H groups in total. The third-order valence-corrected chi connectivity index (χ3v) is 3.22. The molecule has 4 heteroatoms. The van der Waals surface area contributed by atoms with Gasteiger partial charge in [-0.1, -0.05) is 36.9 Å². The molecule has 2 aromatic carbocycles. The number of rotatable bonds is 4. The maximum Gasteiger partial charge on any atom is 0.518 e. The average Bonchev–Trinajstić information content (AvgIpc) is 2.49. The molecule has 0 amide bonds. The van der Waals surface area contributed by atoms with Crippen LogP contribution in [0.15, 0.2) is 55.3 Å². The summed E-state index contributed by atoms with van der Waals surface area (Å²) >= 11 is 0. The standard InChI is InChI=1S/C18H16O4/c1-4-21-18(20)22-14-10-9-13(3)16(11-14)17(19)15-8-6-5-7-12(15)2/h4-11H,1H2,2-3H3. The molecule has 0 radical (unpaired) electrons. The summed E-state index contributed by atoms with van der Waals surface area (Å²) in [6.45, 7) is 6.98. The quantitative estimate of drug-likeness (QED) is 0.367. The zero-order valence-electron chi connectivity index (χ0n) is 12.5. The number of ketones is 1. The first-order valence-corrected chi connectivity index (χ1v) is 6.73. The van der Waals surface area contributed by atoms with Crippen LogP contribution in [-0.4, -0.2) is 11.9 Å². The van der Waals surface area contributed by atoms with Crippen molar-refractivity contribution >= 4 is 11.9 Å². The van der Waals surface area contributed by atoms with Gasteiger partial charge in [0.1, 0.15) is 5.75 Å². The number of hydrogen-bond acceptors (Lipinski definition) is 4. The minimum absolute atomic E-state index is 0.113. The largest absolute Gasteiger partial charge is 0.518 e. The van der Waals surface area contributed by atoms with Gasteiger partial charge in [-0.15, -0.1) is 0 Å². The van der Waals surface area contributed by atoms with Gasteiger partial charge in [0.05, 0.1) is 6.26 Å². The van der Waals surface area contributed by atoms with E-state index in [1.807, 2.05) is 32.0 Å². The van der Waals surface area contributed by atoms with E-state index in [0.717, 1.165) is 17.4 Å². The van der Waals surface area contributed by atoms with Gasteiger partial charge in [0.15, 0.2) is 5.78 Å². The van der Waals surface area contributed by atoms with E-state index in [1.165, 1.54) is 6.07 Å². The normalized spacial score (nSPS) is 9.91. The van der Waals surface area contributed by atoms with Crippen molar-refractivity contribution in [2.75, 3.05) is 0 Å². The molecule has 0 atom stereocenters. The van der Waals surface area contributed by atoms with Gasteiger partial charge >= 0.3 is 6.16 Å². The van der Waals surface area contributed by atoms with Crippen LogP contribution in [0.5, 0.6) is 5.75 Å². The molecular formula is C18H16O4. The van der Waals surface area contributed by atoms with Crippen LogP contribution in [0.2, 0.25) is 0 Å². The Labute approximate surface area is 129 Å². The zero-order chi connectivity index (χ0) is 16.1. The smallest absolute Gasteiger partial charge is 0.403 e. The number of aryl methyl sites for hydroxylation is 2. The molecule has 0 bridgehead atoms. The third-order valence-electron chi connectivity index (χ3n) is 3.22. The second-order valence-electron chi connectivity index (χ2n) is 4.76. The Morgan fingerprint density at radius 2 is 1.68 bits per heavy atom. The first-order chi connectivity index (χ1) is 10.5. The van der Waals surface area contributed by atoms with E-state index in [-0.39, 0.29) is 11.5 Å². The molecule has 0 unspecified atom stereocenters. The lowest BCUT2D eigenvalue weighted by Crippen LogP contribution is -2.09. The van der Waals surface area contributed by atoms with Crippen molar-refractivity contribution in [3.63, 3.8) is 0 Å². The Bertz CT molecular complexity index is 732. The lowest BCUT2D eigenvalue weighted by atomic mass is 9.96. The highest BCUT2D eigenvalue weighted by Gasteiger charge is 2.15. The molecule has 2 aromatic rings. The van der Waals surface area contributed by atoms with Crippen LogP contribution in [0.1, 0.15) is 27.0 Å².